The molecule has 1 amide bonds. The lowest BCUT2D eigenvalue weighted by Gasteiger charge is -2.19. The summed E-state index contributed by atoms with van der Waals surface area (Å²) in [5, 5.41) is 17.3. The number of aromatic nitrogens is 3. The third-order valence-corrected chi connectivity index (χ3v) is 7.63. The van der Waals surface area contributed by atoms with Gasteiger partial charge in [0.05, 0.1) is 17.8 Å². The number of nitrogens with one attached hydrogen (secondary N) is 1. The fourth-order valence-electron chi connectivity index (χ4n) is 3.69. The smallest absolute Gasteiger partial charge is 0.238 e. The molecule has 9 nitrogen and oxygen atoms in total. The van der Waals surface area contributed by atoms with Crippen molar-refractivity contribution in [3.05, 3.63) is 78.4 Å². The Morgan fingerprint density at radius 3 is 2.16 bits per heavy atom. The zero-order valence-corrected chi connectivity index (χ0v) is 23.1. The van der Waals surface area contributed by atoms with Gasteiger partial charge in [0, 0.05) is 16.9 Å². The highest BCUT2D eigenvalue weighted by Gasteiger charge is 2.19. The van der Waals surface area contributed by atoms with Crippen LogP contribution in [0, 0.1) is 0 Å². The molecule has 4 rings (SSSR count). The average molecular weight is 552 g/mol. The fraction of sp³-hybridized carbons (Fsp3) is 0.222. The number of nitrogens with zero attached hydrogens (tertiary/aromatic N) is 3. The summed E-state index contributed by atoms with van der Waals surface area (Å²) in [6, 6.07) is 21.4. The first-order valence-corrected chi connectivity index (χ1v) is 14.3. The number of carbonyl (C=O) groups excluding carboxylic acids is 1. The standard InChI is InChI=1S/C27H29N5O4S2/c1-27(2,3)19-7-5-18(6-8-19)25-30-31-26(32(25)21-11-13-22(36-4)14-12-21)37-17-24(33)29-20-9-15-23(16-10-20)38(28,34)35/h5-16H,17H2,1-4H3,(H,29,33)(H2,28,34,35). The number of primary sulfonamides is 1. The van der Waals surface area contributed by atoms with E-state index >= 15 is 0 Å². The largest absolute Gasteiger partial charge is 0.497 e. The van der Waals surface area contributed by atoms with Crippen molar-refractivity contribution in [3.8, 4) is 22.8 Å². The van der Waals surface area contributed by atoms with E-state index in [-0.39, 0.29) is 22.0 Å². The molecular weight excluding hydrogens is 522 g/mol. The van der Waals surface area contributed by atoms with Gasteiger partial charge in [-0.3, -0.25) is 9.36 Å². The number of sulfonamides is 1. The molecule has 0 radical (unpaired) electrons. The fourth-order valence-corrected chi connectivity index (χ4v) is 4.96. The van der Waals surface area contributed by atoms with Crippen LogP contribution < -0.4 is 15.2 Å². The van der Waals surface area contributed by atoms with Gasteiger partial charge in [0.2, 0.25) is 15.9 Å². The molecule has 3 N–H and O–H groups in total. The van der Waals surface area contributed by atoms with E-state index in [9.17, 15) is 13.2 Å². The van der Waals surface area contributed by atoms with Crippen LogP contribution in [0.2, 0.25) is 0 Å². The van der Waals surface area contributed by atoms with Crippen LogP contribution in [-0.4, -0.2) is 42.0 Å². The molecule has 0 aliphatic carbocycles. The minimum Gasteiger partial charge on any atom is -0.497 e. The highest BCUT2D eigenvalue weighted by molar-refractivity contribution is 7.99. The summed E-state index contributed by atoms with van der Waals surface area (Å²) in [6.07, 6.45) is 0. The number of thioether (sulfide) groups is 1. The third-order valence-electron chi connectivity index (χ3n) is 5.77. The van der Waals surface area contributed by atoms with Crippen LogP contribution in [0.3, 0.4) is 0 Å². The second-order valence-electron chi connectivity index (χ2n) is 9.57. The van der Waals surface area contributed by atoms with Gasteiger partial charge in [0.15, 0.2) is 11.0 Å². The van der Waals surface area contributed by atoms with Crippen molar-refractivity contribution in [1.82, 2.24) is 14.8 Å². The third kappa shape index (κ3) is 6.42. The van der Waals surface area contributed by atoms with Gasteiger partial charge in [-0.05, 0) is 59.5 Å². The van der Waals surface area contributed by atoms with Crippen molar-refractivity contribution in [2.45, 2.75) is 36.2 Å². The maximum atomic E-state index is 12.7. The first-order valence-electron chi connectivity index (χ1n) is 11.7. The highest BCUT2D eigenvalue weighted by Crippen LogP contribution is 2.31. The maximum absolute atomic E-state index is 12.7. The van der Waals surface area contributed by atoms with Crippen LogP contribution in [0.15, 0.2) is 82.8 Å². The molecule has 0 unspecified atom stereocenters. The quantitative estimate of drug-likeness (QED) is 0.306. The normalized spacial score (nSPS) is 11.8. The summed E-state index contributed by atoms with van der Waals surface area (Å²) in [4.78, 5) is 12.6. The first-order chi connectivity index (χ1) is 18.0. The molecule has 0 saturated carbocycles. The Morgan fingerprint density at radius 1 is 0.974 bits per heavy atom. The van der Waals surface area contributed by atoms with Gasteiger partial charge in [-0.2, -0.15) is 0 Å². The molecule has 11 heteroatoms. The number of benzene rings is 3. The predicted octanol–water partition coefficient (Wildman–Crippen LogP) is 4.62. The SMILES string of the molecule is COc1ccc(-n2c(SCC(=O)Nc3ccc(S(N)(=O)=O)cc3)nnc2-c2ccc(C(C)(C)C)cc2)cc1. The molecule has 4 aromatic rings. The van der Waals surface area contributed by atoms with E-state index in [0.717, 1.165) is 17.0 Å². The molecule has 0 fully saturated rings. The van der Waals surface area contributed by atoms with Crippen molar-refractivity contribution in [2.75, 3.05) is 18.2 Å². The molecular formula is C27H29N5O4S2. The number of carbonyl (C=O) groups is 1. The van der Waals surface area contributed by atoms with Crippen LogP contribution in [0.5, 0.6) is 5.75 Å². The summed E-state index contributed by atoms with van der Waals surface area (Å²) in [5.74, 6) is 1.16. The Hall–Kier alpha value is -3.67. The Morgan fingerprint density at radius 2 is 1.61 bits per heavy atom. The van der Waals surface area contributed by atoms with Crippen LogP contribution in [0.1, 0.15) is 26.3 Å². The summed E-state index contributed by atoms with van der Waals surface area (Å²) >= 11 is 1.24. The predicted molar refractivity (Wildman–Crippen MR) is 149 cm³/mol. The number of hydrogen-bond donors (Lipinski definition) is 2. The molecule has 0 aliphatic rings. The summed E-state index contributed by atoms with van der Waals surface area (Å²) in [7, 11) is -2.19. The van der Waals surface area contributed by atoms with E-state index in [0.29, 0.717) is 16.7 Å². The molecule has 0 aliphatic heterocycles. The highest BCUT2D eigenvalue weighted by atomic mass is 32.2. The molecule has 38 heavy (non-hydrogen) atoms. The Labute approximate surface area is 226 Å². The molecule has 0 saturated heterocycles. The van der Waals surface area contributed by atoms with Crippen molar-refractivity contribution >= 4 is 33.4 Å². The van der Waals surface area contributed by atoms with Crippen molar-refractivity contribution < 1.29 is 17.9 Å². The number of rotatable bonds is 8. The second-order valence-corrected chi connectivity index (χ2v) is 12.1. The Kier molecular flexibility index (Phi) is 7.91. The lowest BCUT2D eigenvalue weighted by Crippen LogP contribution is -2.15. The van der Waals surface area contributed by atoms with Gasteiger partial charge in [0.1, 0.15) is 5.75 Å². The number of hydrogen-bond acceptors (Lipinski definition) is 7. The van der Waals surface area contributed by atoms with Gasteiger partial charge >= 0.3 is 0 Å². The molecule has 0 bridgehead atoms. The van der Waals surface area contributed by atoms with Gasteiger partial charge in [-0.1, -0.05) is 56.8 Å². The number of methoxy groups -OCH3 is 1. The lowest BCUT2D eigenvalue weighted by atomic mass is 9.87. The van der Waals surface area contributed by atoms with E-state index in [1.54, 1.807) is 7.11 Å². The summed E-state index contributed by atoms with van der Waals surface area (Å²) in [6.45, 7) is 6.49. The van der Waals surface area contributed by atoms with Crippen LogP contribution in [0.4, 0.5) is 5.69 Å². The summed E-state index contributed by atoms with van der Waals surface area (Å²) in [5.41, 5.74) is 3.41. The minimum absolute atomic E-state index is 0.0233. The Bertz CT molecular complexity index is 1520. The average Bonchev–Trinajstić information content (AvgIpc) is 3.31. The van der Waals surface area contributed by atoms with Crippen LogP contribution >= 0.6 is 11.8 Å². The van der Waals surface area contributed by atoms with E-state index in [1.807, 2.05) is 41.0 Å². The Balaban J connectivity index is 1.58. The van der Waals surface area contributed by atoms with E-state index < -0.39 is 10.0 Å². The van der Waals surface area contributed by atoms with Gasteiger partial charge in [-0.25, -0.2) is 13.6 Å². The molecule has 1 aromatic heterocycles. The lowest BCUT2D eigenvalue weighted by molar-refractivity contribution is -0.113. The minimum atomic E-state index is -3.80. The van der Waals surface area contributed by atoms with Crippen LogP contribution in [-0.2, 0) is 20.2 Å². The van der Waals surface area contributed by atoms with Gasteiger partial charge < -0.3 is 10.1 Å². The van der Waals surface area contributed by atoms with Gasteiger partial charge in [-0.15, -0.1) is 10.2 Å². The molecule has 198 valence electrons. The van der Waals surface area contributed by atoms with E-state index in [4.69, 9.17) is 9.88 Å². The van der Waals surface area contributed by atoms with Crippen molar-refractivity contribution in [2.24, 2.45) is 5.14 Å². The van der Waals surface area contributed by atoms with Gasteiger partial charge in [0.25, 0.3) is 0 Å². The maximum Gasteiger partial charge on any atom is 0.238 e. The zero-order valence-electron chi connectivity index (χ0n) is 21.5. The van der Waals surface area contributed by atoms with Crippen molar-refractivity contribution in [1.29, 1.82) is 0 Å². The van der Waals surface area contributed by atoms with E-state index in [1.165, 1.54) is 41.6 Å². The number of amides is 1. The molecule has 1 heterocycles. The first kappa shape index (κ1) is 27.4. The van der Waals surface area contributed by atoms with Crippen LogP contribution in [0.25, 0.3) is 17.1 Å². The topological polar surface area (TPSA) is 129 Å². The van der Waals surface area contributed by atoms with E-state index in [2.05, 4.69) is 48.4 Å². The summed E-state index contributed by atoms with van der Waals surface area (Å²) < 4.78 is 30.1. The monoisotopic (exact) mass is 551 g/mol. The number of anilines is 1. The molecule has 0 atom stereocenters. The van der Waals surface area contributed by atoms with Crippen molar-refractivity contribution in [3.63, 3.8) is 0 Å². The number of nitrogens with two attached hydrogens (primary N) is 1. The molecule has 0 spiro atoms. The number of ether oxygens (including phenoxy) is 1. The zero-order chi connectivity index (χ0) is 27.5. The second kappa shape index (κ2) is 11.0. The molecule has 3 aromatic carbocycles.